The van der Waals surface area contributed by atoms with Gasteiger partial charge in [0.2, 0.25) is 0 Å². The van der Waals surface area contributed by atoms with Crippen molar-refractivity contribution in [1.82, 2.24) is 0 Å². The van der Waals surface area contributed by atoms with E-state index in [1.54, 1.807) is 0 Å². The summed E-state index contributed by atoms with van der Waals surface area (Å²) in [6.45, 7) is 0. The van der Waals surface area contributed by atoms with Crippen molar-refractivity contribution in [2.75, 3.05) is 0 Å². The first-order valence-corrected chi connectivity index (χ1v) is 5.94. The molecule has 2 aromatic rings. The summed E-state index contributed by atoms with van der Waals surface area (Å²) in [6.07, 6.45) is 7.33. The van der Waals surface area contributed by atoms with Gasteiger partial charge in [-0.3, -0.25) is 0 Å². The molecule has 2 radical (unpaired) electrons. The fourth-order valence-electron chi connectivity index (χ4n) is 2.31. The highest BCUT2D eigenvalue weighted by atomic mass is 14.7. The number of nitrogens with two attached hydrogens (primary N) is 1. The zero-order valence-corrected chi connectivity index (χ0v) is 9.64. The molecule has 1 aliphatic carbocycles. The van der Waals surface area contributed by atoms with Gasteiger partial charge in [0.05, 0.1) is 0 Å². The molecule has 0 fully saturated rings. The highest BCUT2D eigenvalue weighted by Crippen LogP contribution is 2.32. The minimum atomic E-state index is 0.0228. The first-order valence-electron chi connectivity index (χ1n) is 5.94. The third-order valence-corrected chi connectivity index (χ3v) is 3.33. The summed E-state index contributed by atoms with van der Waals surface area (Å²) in [5, 5.41) is 2.52. The molecule has 1 heteroatoms. The molecule has 0 saturated heterocycles. The molecule has 1 atom stereocenters. The Labute approximate surface area is 102 Å². The number of rotatable bonds is 2. The lowest BCUT2D eigenvalue weighted by molar-refractivity contribution is 0.741. The van der Waals surface area contributed by atoms with Gasteiger partial charge in [0, 0.05) is 12.0 Å². The molecule has 0 aliphatic heterocycles. The largest absolute Gasteiger partial charge is 0.323 e. The molecule has 84 valence electrons. The summed E-state index contributed by atoms with van der Waals surface area (Å²) in [4.78, 5) is 0. The summed E-state index contributed by atoms with van der Waals surface area (Å²) in [6, 6.07) is 14.9. The lowest BCUT2D eigenvalue weighted by Gasteiger charge is -2.18. The Morgan fingerprint density at radius 1 is 1.00 bits per heavy atom. The fraction of sp³-hybridized carbons (Fsp3) is 0.125. The molecule has 1 aliphatic rings. The third-order valence-electron chi connectivity index (χ3n) is 3.33. The van der Waals surface area contributed by atoms with Crippen LogP contribution in [0.25, 0.3) is 10.8 Å². The van der Waals surface area contributed by atoms with Gasteiger partial charge < -0.3 is 5.73 Å². The minimum Gasteiger partial charge on any atom is -0.323 e. The molecular weight excluding hydrogens is 206 g/mol. The topological polar surface area (TPSA) is 26.0 Å². The van der Waals surface area contributed by atoms with Crippen LogP contribution in [0.1, 0.15) is 18.0 Å². The number of allylic oxidation sites excluding steroid dienone is 2. The minimum absolute atomic E-state index is 0.0228. The zero-order valence-electron chi connectivity index (χ0n) is 9.64. The van der Waals surface area contributed by atoms with E-state index in [0.717, 1.165) is 6.42 Å². The van der Waals surface area contributed by atoms with Gasteiger partial charge >= 0.3 is 0 Å². The van der Waals surface area contributed by atoms with Crippen LogP contribution in [0.5, 0.6) is 0 Å². The maximum absolute atomic E-state index is 6.28. The zero-order chi connectivity index (χ0) is 11.7. The van der Waals surface area contributed by atoms with Crippen LogP contribution < -0.4 is 5.73 Å². The molecule has 17 heavy (non-hydrogen) atoms. The van der Waals surface area contributed by atoms with Crippen LogP contribution in [0.4, 0.5) is 0 Å². The molecule has 0 saturated carbocycles. The Morgan fingerprint density at radius 3 is 2.59 bits per heavy atom. The molecule has 0 bridgehead atoms. The molecule has 0 unspecified atom stereocenters. The smallest absolute Gasteiger partial charge is 0.0367 e. The van der Waals surface area contributed by atoms with Crippen molar-refractivity contribution in [2.45, 2.75) is 12.5 Å². The Bertz CT molecular complexity index is 548. The Hall–Kier alpha value is -1.60. The van der Waals surface area contributed by atoms with Crippen molar-refractivity contribution in [3.05, 3.63) is 72.5 Å². The van der Waals surface area contributed by atoms with E-state index in [4.69, 9.17) is 5.73 Å². The predicted molar refractivity (Wildman–Crippen MR) is 72.2 cm³/mol. The molecule has 0 amide bonds. The second-order valence-electron chi connectivity index (χ2n) is 4.46. The van der Waals surface area contributed by atoms with Crippen LogP contribution >= 0.6 is 0 Å². The van der Waals surface area contributed by atoms with Crippen LogP contribution in [-0.4, -0.2) is 0 Å². The highest BCUT2D eigenvalue weighted by Gasteiger charge is 2.21. The number of benzene rings is 2. The van der Waals surface area contributed by atoms with Gasteiger partial charge in [-0.05, 0) is 35.2 Å². The Balaban J connectivity index is 1.94. The summed E-state index contributed by atoms with van der Waals surface area (Å²) >= 11 is 0. The van der Waals surface area contributed by atoms with Gasteiger partial charge in [-0.25, -0.2) is 0 Å². The summed E-state index contributed by atoms with van der Waals surface area (Å²) in [7, 11) is 0. The van der Waals surface area contributed by atoms with Gasteiger partial charge in [-0.2, -0.15) is 0 Å². The van der Waals surface area contributed by atoms with Gasteiger partial charge in [-0.15, -0.1) is 0 Å². The van der Waals surface area contributed by atoms with Crippen LogP contribution in [0.15, 0.2) is 54.6 Å². The normalized spacial score (nSPS) is 17.7. The molecular formula is C16H15N. The van der Waals surface area contributed by atoms with Crippen LogP contribution in [0.2, 0.25) is 0 Å². The van der Waals surface area contributed by atoms with Crippen molar-refractivity contribution < 1.29 is 0 Å². The van der Waals surface area contributed by atoms with Crippen LogP contribution in [0, 0.1) is 12.3 Å². The molecule has 2 aromatic carbocycles. The van der Waals surface area contributed by atoms with E-state index in [9.17, 15) is 0 Å². The lowest BCUT2D eigenvalue weighted by Crippen LogP contribution is -2.17. The van der Waals surface area contributed by atoms with Gasteiger partial charge in [0.1, 0.15) is 0 Å². The van der Waals surface area contributed by atoms with Crippen molar-refractivity contribution in [1.29, 1.82) is 0 Å². The number of hydrogen-bond acceptors (Lipinski definition) is 1. The van der Waals surface area contributed by atoms with E-state index in [2.05, 4.69) is 61.0 Å². The second kappa shape index (κ2) is 4.34. The average molecular weight is 221 g/mol. The third kappa shape index (κ3) is 1.98. The number of fused-ring (bicyclic) bond motifs is 1. The average Bonchev–Trinajstić information content (AvgIpc) is 2.91. The summed E-state index contributed by atoms with van der Waals surface area (Å²) in [5.74, 6) is 1.29. The fourth-order valence-corrected chi connectivity index (χ4v) is 2.31. The molecule has 0 spiro atoms. The van der Waals surface area contributed by atoms with Gasteiger partial charge in [0.25, 0.3) is 0 Å². The van der Waals surface area contributed by atoms with Crippen LogP contribution in [0.3, 0.4) is 0 Å². The van der Waals surface area contributed by atoms with E-state index in [1.807, 2.05) is 0 Å². The summed E-state index contributed by atoms with van der Waals surface area (Å²) in [5.41, 5.74) is 7.48. The van der Waals surface area contributed by atoms with E-state index < -0.39 is 0 Å². The Kier molecular flexibility index (Phi) is 2.69. The van der Waals surface area contributed by atoms with Crippen molar-refractivity contribution in [3.63, 3.8) is 0 Å². The molecule has 1 nitrogen and oxygen atoms in total. The van der Waals surface area contributed by atoms with E-state index >= 15 is 0 Å². The van der Waals surface area contributed by atoms with Gasteiger partial charge in [0.15, 0.2) is 0 Å². The van der Waals surface area contributed by atoms with Crippen molar-refractivity contribution in [2.24, 2.45) is 5.73 Å². The number of hydrogen-bond donors (Lipinski definition) is 1. The molecule has 3 rings (SSSR count). The quantitative estimate of drug-likeness (QED) is 0.824. The SMILES string of the molecule is N[C@@H]([C]1[CH]C=CC1)c1ccc2ccccc2c1. The van der Waals surface area contributed by atoms with E-state index in [0.29, 0.717) is 0 Å². The maximum atomic E-state index is 6.28. The highest BCUT2D eigenvalue weighted by molar-refractivity contribution is 5.83. The second-order valence-corrected chi connectivity index (χ2v) is 4.46. The molecule has 0 aromatic heterocycles. The monoisotopic (exact) mass is 221 g/mol. The van der Waals surface area contributed by atoms with Crippen LogP contribution in [-0.2, 0) is 0 Å². The first-order chi connectivity index (χ1) is 8.34. The van der Waals surface area contributed by atoms with Crippen molar-refractivity contribution in [3.8, 4) is 0 Å². The summed E-state index contributed by atoms with van der Waals surface area (Å²) < 4.78 is 0. The van der Waals surface area contributed by atoms with E-state index in [1.165, 1.54) is 22.3 Å². The van der Waals surface area contributed by atoms with E-state index in [-0.39, 0.29) is 6.04 Å². The molecule has 2 N–H and O–H groups in total. The van der Waals surface area contributed by atoms with Gasteiger partial charge in [-0.1, -0.05) is 48.6 Å². The first kappa shape index (κ1) is 10.5. The molecule has 0 heterocycles. The standard InChI is InChI=1S/C16H15N/c17-16(13-6-2-3-7-13)15-10-9-12-5-1-4-8-14(12)11-15/h1-6,8-11,16H,7,17H2/t16-/m0/s1. The van der Waals surface area contributed by atoms with Crippen molar-refractivity contribution >= 4 is 10.8 Å². The Morgan fingerprint density at radius 2 is 1.82 bits per heavy atom. The maximum Gasteiger partial charge on any atom is 0.0367 e. The predicted octanol–water partition coefficient (Wildman–Crippen LogP) is 3.58. The lowest BCUT2D eigenvalue weighted by atomic mass is 9.91.